The highest BCUT2D eigenvalue weighted by atomic mass is 35.5. The van der Waals surface area contributed by atoms with Gasteiger partial charge in [0.25, 0.3) is 0 Å². The van der Waals surface area contributed by atoms with E-state index in [2.05, 4.69) is 10.2 Å². The predicted molar refractivity (Wildman–Crippen MR) is 162 cm³/mol. The third-order valence-electron chi connectivity index (χ3n) is 5.71. The van der Waals surface area contributed by atoms with Crippen molar-refractivity contribution in [1.29, 1.82) is 0 Å². The average Bonchev–Trinajstić information content (AvgIpc) is 2.95. The molecule has 1 N–H and O–H groups in total. The minimum atomic E-state index is -2.44. The van der Waals surface area contributed by atoms with E-state index in [-0.39, 0.29) is 0 Å². The molecule has 2 rings (SSSR count). The molecule has 10 nitrogen and oxygen atoms in total. The van der Waals surface area contributed by atoms with E-state index in [9.17, 15) is 0 Å². The molecule has 0 aromatic rings. The number of hydrogen-bond donors (Lipinski definition) is 1. The summed E-state index contributed by atoms with van der Waals surface area (Å²) in [7, 11) is -4.84. The third-order valence-corrected chi connectivity index (χ3v) is 12.3. The molecule has 2 fully saturated rings. The van der Waals surface area contributed by atoms with Gasteiger partial charge in [-0.25, -0.2) is 0 Å². The van der Waals surface area contributed by atoms with Crippen LogP contribution in [0.15, 0.2) is 0 Å². The van der Waals surface area contributed by atoms with E-state index in [0.717, 1.165) is 84.1 Å². The maximum absolute atomic E-state index is 5.85. The number of ether oxygens (including phenoxy) is 2. The standard InChI is InChI=1S/C13H29NO4Si.C9H21ClO3Si.C4H9NO/c1-4-16-19(17-5-2,18-6-3)13-7-8-14-9-11-15-12-10-14;1-4-11-14(12-5-2,13-6-3)9-7-8-10;1-3-6-4-2-5-1/h4-13H2,1-3H3;4-9H2,1-3H3;5H,1-4H2. The van der Waals surface area contributed by atoms with Crippen LogP contribution in [0.5, 0.6) is 0 Å². The van der Waals surface area contributed by atoms with E-state index in [4.69, 9.17) is 47.6 Å². The number of alkyl halides is 1. The van der Waals surface area contributed by atoms with E-state index in [0.29, 0.717) is 45.5 Å². The highest BCUT2D eigenvalue weighted by molar-refractivity contribution is 6.61. The first-order valence-electron chi connectivity index (χ1n) is 15.0. The number of morpholine rings is 2. The van der Waals surface area contributed by atoms with E-state index in [1.54, 1.807) is 0 Å². The Morgan fingerprint density at radius 3 is 1.31 bits per heavy atom. The summed E-state index contributed by atoms with van der Waals surface area (Å²) in [6.45, 7) is 24.4. The second kappa shape index (κ2) is 27.2. The van der Waals surface area contributed by atoms with Crippen molar-refractivity contribution in [3.05, 3.63) is 0 Å². The van der Waals surface area contributed by atoms with Crippen LogP contribution in [0.4, 0.5) is 0 Å². The topological polar surface area (TPSA) is 89.1 Å². The molecule has 39 heavy (non-hydrogen) atoms. The van der Waals surface area contributed by atoms with Crippen LogP contribution in [0, 0.1) is 0 Å². The Morgan fingerprint density at radius 1 is 0.615 bits per heavy atom. The van der Waals surface area contributed by atoms with Crippen LogP contribution < -0.4 is 5.32 Å². The quantitative estimate of drug-likeness (QED) is 0.169. The minimum absolute atomic E-state index is 0.627. The highest BCUT2D eigenvalue weighted by Crippen LogP contribution is 2.19. The molecule has 0 radical (unpaired) electrons. The molecular weight excluding hydrogens is 560 g/mol. The van der Waals surface area contributed by atoms with Crippen LogP contribution in [-0.2, 0) is 36.0 Å². The van der Waals surface area contributed by atoms with Crippen molar-refractivity contribution < 1.29 is 36.0 Å². The fourth-order valence-corrected chi connectivity index (χ4v) is 9.71. The summed E-state index contributed by atoms with van der Waals surface area (Å²) in [5, 5.41) is 3.16. The zero-order valence-corrected chi connectivity index (χ0v) is 28.5. The van der Waals surface area contributed by atoms with Gasteiger partial charge in [-0.15, -0.1) is 11.6 Å². The Morgan fingerprint density at radius 2 is 1.00 bits per heavy atom. The van der Waals surface area contributed by atoms with Crippen molar-refractivity contribution >= 4 is 29.2 Å². The molecule has 0 aromatic heterocycles. The van der Waals surface area contributed by atoms with Crippen molar-refractivity contribution in [3.8, 4) is 0 Å². The normalized spacial score (nSPS) is 16.7. The van der Waals surface area contributed by atoms with Gasteiger partial charge in [0.05, 0.1) is 26.4 Å². The predicted octanol–water partition coefficient (Wildman–Crippen LogP) is 4.03. The van der Waals surface area contributed by atoms with Gasteiger partial charge < -0.3 is 41.3 Å². The molecule has 0 atom stereocenters. The summed E-state index contributed by atoms with van der Waals surface area (Å²) >= 11 is 5.66. The Labute approximate surface area is 246 Å². The maximum atomic E-state index is 5.85. The first-order chi connectivity index (χ1) is 19.0. The molecule has 2 saturated heterocycles. The number of hydrogen-bond acceptors (Lipinski definition) is 10. The number of rotatable bonds is 19. The lowest BCUT2D eigenvalue weighted by Crippen LogP contribution is -2.46. The van der Waals surface area contributed by atoms with Crippen LogP contribution in [0.1, 0.15) is 54.4 Å². The van der Waals surface area contributed by atoms with Gasteiger partial charge >= 0.3 is 17.6 Å². The Bertz CT molecular complexity index is 477. The van der Waals surface area contributed by atoms with Crippen LogP contribution in [0.25, 0.3) is 0 Å². The minimum Gasteiger partial charge on any atom is -0.379 e. The fraction of sp³-hybridized carbons (Fsp3) is 1.00. The first-order valence-corrected chi connectivity index (χ1v) is 19.4. The average molecular weight is 619 g/mol. The van der Waals surface area contributed by atoms with Gasteiger partial charge in [0.2, 0.25) is 0 Å². The van der Waals surface area contributed by atoms with Gasteiger partial charge in [-0.05, 0) is 60.9 Å². The van der Waals surface area contributed by atoms with Gasteiger partial charge in [0.15, 0.2) is 0 Å². The van der Waals surface area contributed by atoms with Crippen molar-refractivity contribution in [2.45, 2.75) is 66.5 Å². The number of halogens is 1. The van der Waals surface area contributed by atoms with E-state index < -0.39 is 17.6 Å². The molecule has 0 saturated carbocycles. The Hall–Kier alpha value is 0.324. The molecule has 236 valence electrons. The highest BCUT2D eigenvalue weighted by Gasteiger charge is 2.40. The maximum Gasteiger partial charge on any atom is 0.500 e. The van der Waals surface area contributed by atoms with Crippen molar-refractivity contribution in [2.24, 2.45) is 0 Å². The smallest absolute Gasteiger partial charge is 0.379 e. The molecule has 0 amide bonds. The van der Waals surface area contributed by atoms with Crippen molar-refractivity contribution in [3.63, 3.8) is 0 Å². The lowest BCUT2D eigenvalue weighted by atomic mass is 10.3. The summed E-state index contributed by atoms with van der Waals surface area (Å²) < 4.78 is 44.9. The molecule has 0 unspecified atom stereocenters. The monoisotopic (exact) mass is 618 g/mol. The summed E-state index contributed by atoms with van der Waals surface area (Å²) in [6.07, 6.45) is 1.94. The van der Waals surface area contributed by atoms with E-state index >= 15 is 0 Å². The molecule has 0 aliphatic carbocycles. The molecule has 13 heteroatoms. The van der Waals surface area contributed by atoms with Crippen LogP contribution >= 0.6 is 11.6 Å². The fourth-order valence-electron chi connectivity index (χ4n) is 4.15. The van der Waals surface area contributed by atoms with Gasteiger partial charge in [-0.3, -0.25) is 4.90 Å². The van der Waals surface area contributed by atoms with Gasteiger partial charge in [-0.2, -0.15) is 0 Å². The summed E-state index contributed by atoms with van der Waals surface area (Å²) in [5.74, 6) is 0.627. The van der Waals surface area contributed by atoms with Crippen LogP contribution in [0.3, 0.4) is 0 Å². The Kier molecular flexibility index (Phi) is 27.4. The number of nitrogens with one attached hydrogen (secondary N) is 1. The van der Waals surface area contributed by atoms with Crippen molar-refractivity contribution in [2.75, 3.05) is 105 Å². The molecule has 2 aliphatic rings. The van der Waals surface area contributed by atoms with Crippen LogP contribution in [-0.4, -0.2) is 127 Å². The second-order valence-corrected chi connectivity index (χ2v) is 14.5. The second-order valence-electron chi connectivity index (χ2n) is 8.68. The molecule has 0 bridgehead atoms. The van der Waals surface area contributed by atoms with E-state index in [1.165, 1.54) is 0 Å². The zero-order valence-electron chi connectivity index (χ0n) is 25.7. The molecule has 0 aromatic carbocycles. The summed E-state index contributed by atoms with van der Waals surface area (Å²) in [6, 6.07) is 1.71. The lowest BCUT2D eigenvalue weighted by Gasteiger charge is -2.30. The SMILES string of the molecule is C1COCCN1.CCO[Si](CCCCl)(OCC)OCC.CCO[Si](CCCN1CCOCC1)(OCC)OCC. The third kappa shape index (κ3) is 20.0. The summed E-state index contributed by atoms with van der Waals surface area (Å²) in [5.41, 5.74) is 0. The number of nitrogens with zero attached hydrogens (tertiary/aromatic N) is 1. The molecule has 0 spiro atoms. The van der Waals surface area contributed by atoms with Gasteiger partial charge in [0.1, 0.15) is 0 Å². The largest absolute Gasteiger partial charge is 0.500 e. The van der Waals surface area contributed by atoms with Gasteiger partial charge in [0, 0.05) is 83.8 Å². The zero-order chi connectivity index (χ0) is 29.1. The van der Waals surface area contributed by atoms with E-state index in [1.807, 2.05) is 41.5 Å². The summed E-state index contributed by atoms with van der Waals surface area (Å²) in [4.78, 5) is 2.44. The van der Waals surface area contributed by atoms with Crippen molar-refractivity contribution in [1.82, 2.24) is 10.2 Å². The van der Waals surface area contributed by atoms with Crippen LogP contribution in [0.2, 0.25) is 12.1 Å². The Balaban J connectivity index is 0.000000628. The first kappa shape index (κ1) is 39.3. The lowest BCUT2D eigenvalue weighted by molar-refractivity contribution is 0.0357. The van der Waals surface area contributed by atoms with Gasteiger partial charge in [-0.1, -0.05) is 0 Å². The molecule has 2 heterocycles. The molecule has 2 aliphatic heterocycles. The molecular formula is C26H59ClN2O8Si2.